The minimum Gasteiger partial charge on any atom is -0.408 e. The van der Waals surface area contributed by atoms with Crippen molar-refractivity contribution in [3.05, 3.63) is 59.1 Å². The zero-order valence-corrected chi connectivity index (χ0v) is 15.2. The maximum absolute atomic E-state index is 12.3. The number of hydrogen-bond donors (Lipinski definition) is 2. The lowest BCUT2D eigenvalue weighted by molar-refractivity contribution is -0.117. The van der Waals surface area contributed by atoms with Crippen LogP contribution in [0.2, 0.25) is 0 Å². The molecular weight excluding hydrogens is 346 g/mol. The number of rotatable bonds is 6. The zero-order chi connectivity index (χ0) is 19.4. The van der Waals surface area contributed by atoms with Crippen molar-refractivity contribution in [2.45, 2.75) is 26.8 Å². The molecule has 0 saturated carbocycles. The van der Waals surface area contributed by atoms with Crippen molar-refractivity contribution in [3.63, 3.8) is 0 Å². The number of amides is 2. The van der Waals surface area contributed by atoms with Gasteiger partial charge in [0.2, 0.25) is 11.8 Å². The molecule has 0 atom stereocenters. The summed E-state index contributed by atoms with van der Waals surface area (Å²) in [5.41, 5.74) is 2.25. The van der Waals surface area contributed by atoms with Gasteiger partial charge >= 0.3 is 5.76 Å². The van der Waals surface area contributed by atoms with Gasteiger partial charge in [-0.2, -0.15) is 0 Å². The van der Waals surface area contributed by atoms with Gasteiger partial charge in [-0.25, -0.2) is 4.79 Å². The molecule has 3 aromatic rings. The summed E-state index contributed by atoms with van der Waals surface area (Å²) >= 11 is 0. The monoisotopic (exact) mass is 367 g/mol. The molecule has 27 heavy (non-hydrogen) atoms. The SMILES string of the molecule is CC(C)CC(=O)Nc1ccc(NC(=O)Cn2c(=O)oc3ccccc32)cc1. The quantitative estimate of drug-likeness (QED) is 0.699. The van der Waals surface area contributed by atoms with Gasteiger partial charge in [-0.3, -0.25) is 14.2 Å². The highest BCUT2D eigenvalue weighted by molar-refractivity contribution is 5.93. The first-order valence-corrected chi connectivity index (χ1v) is 8.70. The molecule has 0 radical (unpaired) electrons. The summed E-state index contributed by atoms with van der Waals surface area (Å²) in [6.07, 6.45) is 0.450. The molecule has 0 unspecified atom stereocenters. The van der Waals surface area contributed by atoms with Crippen LogP contribution in [0.1, 0.15) is 20.3 Å². The number of nitrogens with one attached hydrogen (secondary N) is 2. The molecule has 7 heteroatoms. The molecule has 140 valence electrons. The fourth-order valence-electron chi connectivity index (χ4n) is 2.73. The maximum Gasteiger partial charge on any atom is 0.420 e. The minimum absolute atomic E-state index is 0.0482. The first-order valence-electron chi connectivity index (χ1n) is 8.70. The van der Waals surface area contributed by atoms with Crippen LogP contribution in [0.5, 0.6) is 0 Å². The number of hydrogen-bond acceptors (Lipinski definition) is 4. The van der Waals surface area contributed by atoms with Gasteiger partial charge in [0.1, 0.15) is 6.54 Å². The molecule has 0 aliphatic rings. The lowest BCUT2D eigenvalue weighted by Crippen LogP contribution is -2.24. The Labute approximate surface area is 156 Å². The number of benzene rings is 2. The summed E-state index contributed by atoms with van der Waals surface area (Å²) in [4.78, 5) is 36.0. The second-order valence-corrected chi connectivity index (χ2v) is 6.69. The molecular formula is C20H21N3O4. The average molecular weight is 367 g/mol. The van der Waals surface area contributed by atoms with Crippen LogP contribution < -0.4 is 16.4 Å². The Kier molecular flexibility index (Phi) is 5.40. The first-order chi connectivity index (χ1) is 12.9. The lowest BCUT2D eigenvalue weighted by Gasteiger charge is -2.09. The molecule has 0 aliphatic carbocycles. The van der Waals surface area contributed by atoms with Crippen LogP contribution >= 0.6 is 0 Å². The van der Waals surface area contributed by atoms with E-state index in [-0.39, 0.29) is 24.3 Å². The van der Waals surface area contributed by atoms with E-state index in [4.69, 9.17) is 4.42 Å². The third kappa shape index (κ3) is 4.63. The molecule has 1 heterocycles. The second-order valence-electron chi connectivity index (χ2n) is 6.69. The summed E-state index contributed by atoms with van der Waals surface area (Å²) < 4.78 is 6.40. The lowest BCUT2D eigenvalue weighted by atomic mass is 10.1. The number of aromatic nitrogens is 1. The molecule has 0 aliphatic heterocycles. The Morgan fingerprint density at radius 1 is 0.963 bits per heavy atom. The number of carbonyl (C=O) groups excluding carboxylic acids is 2. The fourth-order valence-corrected chi connectivity index (χ4v) is 2.73. The van der Waals surface area contributed by atoms with Crippen LogP contribution in [-0.4, -0.2) is 16.4 Å². The normalized spacial score (nSPS) is 10.9. The van der Waals surface area contributed by atoms with Crippen LogP contribution in [0.25, 0.3) is 11.1 Å². The third-order valence-electron chi connectivity index (χ3n) is 3.92. The summed E-state index contributed by atoms with van der Waals surface area (Å²) in [7, 11) is 0. The van der Waals surface area contributed by atoms with Gasteiger partial charge in [0.05, 0.1) is 5.52 Å². The molecule has 2 aromatic carbocycles. The Hall–Kier alpha value is -3.35. The summed E-state index contributed by atoms with van der Waals surface area (Å²) in [5.74, 6) is -0.686. The van der Waals surface area contributed by atoms with Gasteiger partial charge in [-0.05, 0) is 42.3 Å². The maximum atomic E-state index is 12.3. The van der Waals surface area contributed by atoms with Crippen molar-refractivity contribution in [2.75, 3.05) is 10.6 Å². The fraction of sp³-hybridized carbons (Fsp3) is 0.250. The van der Waals surface area contributed by atoms with Crippen LogP contribution in [-0.2, 0) is 16.1 Å². The van der Waals surface area contributed by atoms with E-state index in [9.17, 15) is 14.4 Å². The van der Waals surface area contributed by atoms with E-state index in [1.807, 2.05) is 13.8 Å². The van der Waals surface area contributed by atoms with Crippen molar-refractivity contribution in [1.82, 2.24) is 4.57 Å². The standard InChI is InChI=1S/C20H21N3O4/c1-13(2)11-18(24)21-14-7-9-15(10-8-14)22-19(25)12-23-16-5-3-4-6-17(16)27-20(23)26/h3-10,13H,11-12H2,1-2H3,(H,21,24)(H,22,25). The molecule has 2 amide bonds. The Morgan fingerprint density at radius 2 is 1.56 bits per heavy atom. The van der Waals surface area contributed by atoms with Gasteiger partial charge in [0.15, 0.2) is 5.58 Å². The highest BCUT2D eigenvalue weighted by Crippen LogP contribution is 2.15. The highest BCUT2D eigenvalue weighted by atomic mass is 16.4. The van der Waals surface area contributed by atoms with Crippen LogP contribution in [0.3, 0.4) is 0 Å². The predicted octanol–water partition coefficient (Wildman–Crippen LogP) is 3.22. The van der Waals surface area contributed by atoms with E-state index >= 15 is 0 Å². The molecule has 0 fully saturated rings. The first kappa shape index (κ1) is 18.4. The van der Waals surface area contributed by atoms with E-state index in [1.165, 1.54) is 4.57 Å². The molecule has 0 bridgehead atoms. The van der Waals surface area contributed by atoms with Gasteiger partial charge < -0.3 is 15.1 Å². The largest absolute Gasteiger partial charge is 0.420 e. The summed E-state index contributed by atoms with van der Waals surface area (Å²) in [6, 6.07) is 13.8. The van der Waals surface area contributed by atoms with Crippen molar-refractivity contribution in [2.24, 2.45) is 5.92 Å². The molecule has 0 spiro atoms. The zero-order valence-electron chi connectivity index (χ0n) is 15.2. The third-order valence-corrected chi connectivity index (χ3v) is 3.92. The van der Waals surface area contributed by atoms with Crippen molar-refractivity contribution in [1.29, 1.82) is 0 Å². The highest BCUT2D eigenvalue weighted by Gasteiger charge is 2.12. The van der Waals surface area contributed by atoms with Gasteiger partial charge in [-0.1, -0.05) is 26.0 Å². The van der Waals surface area contributed by atoms with Gasteiger partial charge in [0, 0.05) is 17.8 Å². The van der Waals surface area contributed by atoms with Crippen molar-refractivity contribution in [3.8, 4) is 0 Å². The molecule has 3 rings (SSSR count). The van der Waals surface area contributed by atoms with Crippen LogP contribution in [0.15, 0.2) is 57.7 Å². The van der Waals surface area contributed by atoms with Crippen LogP contribution in [0.4, 0.5) is 11.4 Å². The topological polar surface area (TPSA) is 93.3 Å². The second kappa shape index (κ2) is 7.90. The number of nitrogens with zero attached hydrogens (tertiary/aromatic N) is 1. The molecule has 0 saturated heterocycles. The predicted molar refractivity (Wildman–Crippen MR) is 104 cm³/mol. The van der Waals surface area contributed by atoms with E-state index in [1.54, 1.807) is 48.5 Å². The van der Waals surface area contributed by atoms with E-state index in [0.717, 1.165) is 0 Å². The Bertz CT molecular complexity index is 1020. The Morgan fingerprint density at radius 3 is 2.19 bits per heavy atom. The van der Waals surface area contributed by atoms with Gasteiger partial charge in [0.25, 0.3) is 0 Å². The van der Waals surface area contributed by atoms with Crippen molar-refractivity contribution >= 4 is 34.3 Å². The molecule has 2 N–H and O–H groups in total. The number of fused-ring (bicyclic) bond motifs is 1. The Balaban J connectivity index is 1.63. The molecule has 1 aromatic heterocycles. The summed E-state index contributed by atoms with van der Waals surface area (Å²) in [6.45, 7) is 3.81. The van der Waals surface area contributed by atoms with Gasteiger partial charge in [-0.15, -0.1) is 0 Å². The average Bonchev–Trinajstić information content (AvgIpc) is 2.91. The smallest absolute Gasteiger partial charge is 0.408 e. The van der Waals surface area contributed by atoms with E-state index in [2.05, 4.69) is 10.6 Å². The number of carbonyl (C=O) groups is 2. The van der Waals surface area contributed by atoms with E-state index < -0.39 is 5.76 Å². The minimum atomic E-state index is -0.574. The van der Waals surface area contributed by atoms with E-state index in [0.29, 0.717) is 28.9 Å². The van der Waals surface area contributed by atoms with Crippen LogP contribution in [0, 0.1) is 5.92 Å². The number of oxazole rings is 1. The van der Waals surface area contributed by atoms with Crippen molar-refractivity contribution < 1.29 is 14.0 Å². The number of anilines is 2. The number of para-hydroxylation sites is 2. The summed E-state index contributed by atoms with van der Waals surface area (Å²) in [5, 5.41) is 5.54. The molecule has 7 nitrogen and oxygen atoms in total.